The van der Waals surface area contributed by atoms with Crippen LogP contribution >= 0.6 is 11.3 Å². The summed E-state index contributed by atoms with van der Waals surface area (Å²) in [7, 11) is -5.72. The maximum atomic E-state index is 13.2. The van der Waals surface area contributed by atoms with Gasteiger partial charge in [-0.05, 0) is 57.2 Å². The Bertz CT molecular complexity index is 1260. The minimum Gasteiger partial charge on any atom is -0.458 e. The topological polar surface area (TPSA) is 126 Å². The van der Waals surface area contributed by atoms with Gasteiger partial charge in [0.15, 0.2) is 0 Å². The number of nitrogens with one attached hydrogen (secondary N) is 1. The highest BCUT2D eigenvalue weighted by Gasteiger charge is 2.46. The Kier molecular flexibility index (Phi) is 9.68. The van der Waals surface area contributed by atoms with Gasteiger partial charge in [-0.15, -0.1) is 20.4 Å². The summed E-state index contributed by atoms with van der Waals surface area (Å²) in [6, 6.07) is 3.12. The van der Waals surface area contributed by atoms with Gasteiger partial charge in [0.1, 0.15) is 5.69 Å². The van der Waals surface area contributed by atoms with Gasteiger partial charge in [0.2, 0.25) is 5.01 Å². The van der Waals surface area contributed by atoms with Crippen molar-refractivity contribution in [2.45, 2.75) is 83.9 Å². The number of fused-ring (bicyclic) bond motifs is 1. The second kappa shape index (κ2) is 12.4. The number of unbranched alkanes of at least 4 members (excludes halogenated alkanes) is 2. The molecule has 38 heavy (non-hydrogen) atoms. The van der Waals surface area contributed by atoms with Crippen LogP contribution in [-0.2, 0) is 21.2 Å². The Labute approximate surface area is 223 Å². The number of ether oxygens (including phenoxy) is 1. The van der Waals surface area contributed by atoms with Crippen molar-refractivity contribution < 1.29 is 31.1 Å². The fourth-order valence-corrected chi connectivity index (χ4v) is 5.21. The number of azo groups is 1. The number of carbonyl (C=O) groups excluding carboxylic acids is 1. The van der Waals surface area contributed by atoms with Gasteiger partial charge in [-0.2, -0.15) is 21.6 Å². The number of halogens is 3. The molecule has 0 saturated heterocycles. The van der Waals surface area contributed by atoms with Crippen LogP contribution in [0.2, 0.25) is 0 Å². The van der Waals surface area contributed by atoms with E-state index in [1.807, 2.05) is 6.92 Å². The van der Waals surface area contributed by atoms with E-state index < -0.39 is 21.5 Å². The zero-order valence-electron chi connectivity index (χ0n) is 21.6. The van der Waals surface area contributed by atoms with Crippen molar-refractivity contribution in [2.75, 3.05) is 16.2 Å². The second-order valence-corrected chi connectivity index (χ2v) is 11.7. The molecule has 0 spiro atoms. The quantitative estimate of drug-likeness (QED) is 0.184. The number of hydrogen-bond acceptors (Lipinski definition) is 10. The molecule has 1 atom stereocenters. The lowest BCUT2D eigenvalue weighted by atomic mass is 9.93. The predicted molar refractivity (Wildman–Crippen MR) is 139 cm³/mol. The number of sulfonamides is 1. The molecule has 210 valence electrons. The molecule has 1 aliphatic rings. The maximum absolute atomic E-state index is 13.2. The van der Waals surface area contributed by atoms with E-state index in [2.05, 4.69) is 32.2 Å². The molecule has 1 aliphatic heterocycles. The predicted octanol–water partition coefficient (Wildman–Crippen LogP) is 6.50. The highest BCUT2D eigenvalue weighted by Crippen LogP contribution is 2.41. The molecule has 0 fully saturated rings. The molecule has 0 aliphatic carbocycles. The van der Waals surface area contributed by atoms with Crippen molar-refractivity contribution in [1.82, 2.24) is 10.2 Å². The Balaban J connectivity index is 2.02. The molecular weight excluding hydrogens is 545 g/mol. The average molecular weight is 577 g/mol. The number of rotatable bonds is 11. The lowest BCUT2D eigenvalue weighted by Gasteiger charge is -2.39. The van der Waals surface area contributed by atoms with Crippen molar-refractivity contribution in [3.63, 3.8) is 0 Å². The number of benzene rings is 1. The zero-order valence-corrected chi connectivity index (χ0v) is 23.2. The fourth-order valence-electron chi connectivity index (χ4n) is 4.09. The average Bonchev–Trinajstić information content (AvgIpc) is 3.31. The first kappa shape index (κ1) is 29.7. The van der Waals surface area contributed by atoms with Crippen molar-refractivity contribution >= 4 is 49.5 Å². The van der Waals surface area contributed by atoms with Gasteiger partial charge in [-0.3, -0.25) is 4.72 Å². The van der Waals surface area contributed by atoms with Gasteiger partial charge >= 0.3 is 21.5 Å². The second-order valence-electron chi connectivity index (χ2n) is 9.09. The smallest absolute Gasteiger partial charge is 0.458 e. The molecule has 1 unspecified atom stereocenters. The van der Waals surface area contributed by atoms with Gasteiger partial charge in [0.05, 0.1) is 11.8 Å². The van der Waals surface area contributed by atoms with Crippen LogP contribution in [0.15, 0.2) is 22.4 Å². The maximum Gasteiger partial charge on any atom is 0.516 e. The molecule has 15 heteroatoms. The number of carbonyl (C=O) groups is 1. The minimum absolute atomic E-state index is 0.0460. The van der Waals surface area contributed by atoms with E-state index in [1.54, 1.807) is 24.6 Å². The SMILES string of the molecule is CCCCCN1c2cc(NS(=O)(=O)C(F)(F)F)c(N=Nc3nnc(C(=O)OC(C)C)s3)cc2CCC1CC. The fraction of sp³-hybridized carbons (Fsp3) is 0.609. The molecular formula is C23H31F3N6O4S2. The van der Waals surface area contributed by atoms with E-state index in [0.29, 0.717) is 18.7 Å². The summed E-state index contributed by atoms with van der Waals surface area (Å²) < 4.78 is 70.4. The lowest BCUT2D eigenvalue weighted by molar-refractivity contribution is -0.0429. The van der Waals surface area contributed by atoms with Gasteiger partial charge < -0.3 is 9.64 Å². The van der Waals surface area contributed by atoms with Crippen LogP contribution in [0.1, 0.15) is 75.2 Å². The summed E-state index contributed by atoms with van der Waals surface area (Å²) in [5.74, 6) is -0.694. The number of alkyl halides is 3. The summed E-state index contributed by atoms with van der Waals surface area (Å²) in [5, 5.41) is 15.2. The van der Waals surface area contributed by atoms with Crippen LogP contribution in [0.4, 0.5) is 35.4 Å². The Morgan fingerprint density at radius 1 is 1.24 bits per heavy atom. The molecule has 2 aromatic rings. The molecule has 0 saturated carbocycles. The van der Waals surface area contributed by atoms with E-state index in [-0.39, 0.29) is 33.7 Å². The Hall–Kier alpha value is -2.81. The molecule has 1 aromatic heterocycles. The van der Waals surface area contributed by atoms with Gasteiger partial charge in [-0.25, -0.2) is 4.79 Å². The Morgan fingerprint density at radius 2 is 1.97 bits per heavy atom. The lowest BCUT2D eigenvalue weighted by Crippen LogP contribution is -2.39. The van der Waals surface area contributed by atoms with Crippen molar-refractivity contribution in [3.8, 4) is 0 Å². The third kappa shape index (κ3) is 7.18. The normalized spacial score (nSPS) is 16.2. The number of aromatic nitrogens is 2. The molecule has 0 bridgehead atoms. The van der Waals surface area contributed by atoms with Crippen LogP contribution in [-0.4, -0.2) is 48.8 Å². The number of nitrogens with zero attached hydrogens (tertiary/aromatic N) is 5. The number of anilines is 2. The van der Waals surface area contributed by atoms with Crippen LogP contribution in [0, 0.1) is 0 Å². The molecule has 0 amide bonds. The first-order valence-corrected chi connectivity index (χ1v) is 14.6. The van der Waals surface area contributed by atoms with Crippen molar-refractivity contribution in [3.05, 3.63) is 22.7 Å². The number of esters is 1. The molecule has 1 N–H and O–H groups in total. The third-order valence-electron chi connectivity index (χ3n) is 5.89. The standard InChI is InChI=1S/C23H31F3N6O4S2/c1-5-7-8-11-32-16(6-2)10-9-15-12-17(18(13-19(15)32)31-38(34,35)23(24,25)26)27-29-22-30-28-20(37-22)21(33)36-14(3)4/h12-14,16,31H,5-11H2,1-4H3. The van der Waals surface area contributed by atoms with E-state index in [0.717, 1.165) is 49.0 Å². The summed E-state index contributed by atoms with van der Waals surface area (Å²) in [6.07, 6.45) is 4.87. The summed E-state index contributed by atoms with van der Waals surface area (Å²) in [6.45, 7) is 8.17. The molecule has 1 aromatic carbocycles. The summed E-state index contributed by atoms with van der Waals surface area (Å²) >= 11 is 0.785. The summed E-state index contributed by atoms with van der Waals surface area (Å²) in [5.41, 5.74) is -4.48. The third-order valence-corrected chi connectivity index (χ3v) is 7.78. The highest BCUT2D eigenvalue weighted by molar-refractivity contribution is 7.93. The van der Waals surface area contributed by atoms with E-state index >= 15 is 0 Å². The molecule has 3 rings (SSSR count). The van der Waals surface area contributed by atoms with Gasteiger partial charge in [0, 0.05) is 18.3 Å². The van der Waals surface area contributed by atoms with Crippen LogP contribution in [0.5, 0.6) is 0 Å². The highest BCUT2D eigenvalue weighted by atomic mass is 32.2. The van der Waals surface area contributed by atoms with E-state index in [9.17, 15) is 26.4 Å². The van der Waals surface area contributed by atoms with Gasteiger partial charge in [-0.1, -0.05) is 38.0 Å². The number of hydrogen-bond donors (Lipinski definition) is 1. The van der Waals surface area contributed by atoms with Crippen LogP contribution in [0.3, 0.4) is 0 Å². The zero-order chi connectivity index (χ0) is 28.1. The first-order valence-electron chi connectivity index (χ1n) is 12.3. The Morgan fingerprint density at radius 3 is 2.61 bits per heavy atom. The monoisotopic (exact) mass is 576 g/mol. The van der Waals surface area contributed by atoms with Gasteiger partial charge in [0.25, 0.3) is 5.13 Å². The van der Waals surface area contributed by atoms with Crippen LogP contribution < -0.4 is 9.62 Å². The van der Waals surface area contributed by atoms with Crippen molar-refractivity contribution in [2.24, 2.45) is 10.2 Å². The molecule has 0 radical (unpaired) electrons. The molecule has 2 heterocycles. The van der Waals surface area contributed by atoms with Crippen molar-refractivity contribution in [1.29, 1.82) is 0 Å². The minimum atomic E-state index is -5.72. The van der Waals surface area contributed by atoms with Crippen LogP contribution in [0.25, 0.3) is 0 Å². The van der Waals surface area contributed by atoms with E-state index in [4.69, 9.17) is 4.74 Å². The van der Waals surface area contributed by atoms with E-state index in [1.165, 1.54) is 6.07 Å². The number of aryl methyl sites for hydroxylation is 1. The first-order chi connectivity index (χ1) is 17.9. The molecule has 10 nitrogen and oxygen atoms in total. The largest absolute Gasteiger partial charge is 0.516 e. The summed E-state index contributed by atoms with van der Waals surface area (Å²) in [4.78, 5) is 14.1.